The van der Waals surface area contributed by atoms with Crippen LogP contribution in [-0.2, 0) is 6.42 Å². The molecule has 5 heteroatoms. The first-order valence-corrected chi connectivity index (χ1v) is 8.99. The highest BCUT2D eigenvalue weighted by atomic mass is 16.1. The lowest BCUT2D eigenvalue weighted by molar-refractivity contribution is 0.0982. The fourth-order valence-corrected chi connectivity index (χ4v) is 3.36. The molecule has 0 aliphatic carbocycles. The number of Topliss-reactive ketones (excluding diaryl/α,β-unsaturated/α-hetero) is 1. The zero-order valence-corrected chi connectivity index (χ0v) is 15.4. The first-order valence-electron chi connectivity index (χ1n) is 8.99. The van der Waals surface area contributed by atoms with Gasteiger partial charge in [-0.15, -0.1) is 5.10 Å². The Balaban J connectivity index is 1.64. The molecule has 2 heterocycles. The number of aryl methyl sites for hydroxylation is 2. The summed E-state index contributed by atoms with van der Waals surface area (Å²) in [5, 5.41) is 8.39. The minimum atomic E-state index is 0.134. The van der Waals surface area contributed by atoms with E-state index in [0.717, 1.165) is 28.8 Å². The lowest BCUT2D eigenvalue weighted by atomic mass is 9.96. The molecule has 0 N–H and O–H groups in total. The number of nitrogens with zero attached hydrogens (tertiary/aromatic N) is 4. The van der Waals surface area contributed by atoms with Crippen LogP contribution < -0.4 is 0 Å². The van der Waals surface area contributed by atoms with Gasteiger partial charge in [-0.3, -0.25) is 4.79 Å². The largest absolute Gasteiger partial charge is 0.294 e. The summed E-state index contributed by atoms with van der Waals surface area (Å²) in [5.74, 6) is 0.134. The molecular weight excluding hydrogens is 336 g/mol. The van der Waals surface area contributed by atoms with Gasteiger partial charge in [-0.2, -0.15) is 4.68 Å². The van der Waals surface area contributed by atoms with Crippen LogP contribution >= 0.6 is 0 Å². The predicted octanol–water partition coefficient (Wildman–Crippen LogP) is 4.25. The Hall–Kier alpha value is -3.34. The van der Waals surface area contributed by atoms with Crippen LogP contribution in [0.2, 0.25) is 0 Å². The van der Waals surface area contributed by atoms with Crippen LogP contribution in [0.25, 0.3) is 16.9 Å². The molecule has 0 saturated heterocycles. The summed E-state index contributed by atoms with van der Waals surface area (Å²) in [6.45, 7) is 4.03. The van der Waals surface area contributed by atoms with E-state index in [1.807, 2.05) is 49.4 Å². The topological polar surface area (TPSA) is 60.7 Å². The molecule has 134 valence electrons. The summed E-state index contributed by atoms with van der Waals surface area (Å²) in [6, 6.07) is 17.6. The van der Waals surface area contributed by atoms with Gasteiger partial charge in [0.25, 0.3) is 0 Å². The van der Waals surface area contributed by atoms with E-state index in [4.69, 9.17) is 0 Å². The Morgan fingerprint density at radius 3 is 2.70 bits per heavy atom. The third kappa shape index (κ3) is 3.24. The first kappa shape index (κ1) is 17.1. The molecule has 2 aromatic carbocycles. The highest BCUT2D eigenvalue weighted by molar-refractivity contribution is 5.98. The van der Waals surface area contributed by atoms with Crippen molar-refractivity contribution < 1.29 is 4.79 Å². The average molecular weight is 356 g/mol. The molecule has 0 saturated carbocycles. The number of aromatic nitrogens is 4. The molecule has 0 fully saturated rings. The van der Waals surface area contributed by atoms with Crippen molar-refractivity contribution in [1.82, 2.24) is 20.0 Å². The summed E-state index contributed by atoms with van der Waals surface area (Å²) < 4.78 is 1.70. The average Bonchev–Trinajstić information content (AvgIpc) is 3.11. The number of hydrogen-bond acceptors (Lipinski definition) is 4. The Morgan fingerprint density at radius 1 is 1.00 bits per heavy atom. The van der Waals surface area contributed by atoms with Crippen LogP contribution in [0, 0.1) is 13.8 Å². The molecule has 0 radical (unpaired) electrons. The van der Waals surface area contributed by atoms with Gasteiger partial charge in [-0.25, -0.2) is 4.98 Å². The lowest BCUT2D eigenvalue weighted by Crippen LogP contribution is -2.08. The summed E-state index contributed by atoms with van der Waals surface area (Å²) >= 11 is 0. The van der Waals surface area contributed by atoms with Gasteiger partial charge in [-0.1, -0.05) is 41.6 Å². The molecule has 0 amide bonds. The van der Waals surface area contributed by atoms with Gasteiger partial charge in [0.15, 0.2) is 11.4 Å². The van der Waals surface area contributed by atoms with Crippen molar-refractivity contribution in [3.8, 4) is 5.69 Å². The minimum absolute atomic E-state index is 0.134. The molecule has 4 aromatic rings. The molecule has 0 unspecified atom stereocenters. The molecule has 0 aliphatic rings. The standard InChI is InChI=1S/C22H20N4O/c1-15-7-3-4-8-17(15)12-13-21(27)18-9-5-11-20(16(18)2)26-22-19(24-25-26)10-6-14-23-22/h3-11,14H,12-13H2,1-2H3. The van der Waals surface area contributed by atoms with Gasteiger partial charge in [-0.05, 0) is 55.2 Å². The van der Waals surface area contributed by atoms with E-state index >= 15 is 0 Å². The Kier molecular flexibility index (Phi) is 4.50. The summed E-state index contributed by atoms with van der Waals surface area (Å²) in [7, 11) is 0. The van der Waals surface area contributed by atoms with Gasteiger partial charge >= 0.3 is 0 Å². The minimum Gasteiger partial charge on any atom is -0.294 e. The van der Waals surface area contributed by atoms with Crippen molar-refractivity contribution in [3.05, 3.63) is 83.0 Å². The smallest absolute Gasteiger partial charge is 0.183 e. The third-order valence-electron chi connectivity index (χ3n) is 4.93. The van der Waals surface area contributed by atoms with Gasteiger partial charge < -0.3 is 0 Å². The Labute approximate surface area is 157 Å². The molecule has 2 aromatic heterocycles. The molecule has 27 heavy (non-hydrogen) atoms. The van der Waals surface area contributed by atoms with E-state index in [2.05, 4.69) is 34.4 Å². The lowest BCUT2D eigenvalue weighted by Gasteiger charge is -2.11. The monoisotopic (exact) mass is 356 g/mol. The SMILES string of the molecule is Cc1ccccc1CCC(=O)c1cccc(-n2nnc3cccnc32)c1C. The van der Waals surface area contributed by atoms with E-state index in [1.165, 1.54) is 11.1 Å². The number of hydrogen-bond donors (Lipinski definition) is 0. The van der Waals surface area contributed by atoms with Crippen LogP contribution in [0.15, 0.2) is 60.8 Å². The molecule has 0 atom stereocenters. The molecule has 0 bridgehead atoms. The number of fused-ring (bicyclic) bond motifs is 1. The van der Waals surface area contributed by atoms with E-state index in [1.54, 1.807) is 10.9 Å². The molecular formula is C22H20N4O. The van der Waals surface area contributed by atoms with Crippen LogP contribution in [0.4, 0.5) is 0 Å². The number of carbonyl (C=O) groups excluding carboxylic acids is 1. The molecule has 5 nitrogen and oxygen atoms in total. The van der Waals surface area contributed by atoms with E-state index in [-0.39, 0.29) is 5.78 Å². The van der Waals surface area contributed by atoms with Crippen LogP contribution in [0.5, 0.6) is 0 Å². The summed E-state index contributed by atoms with van der Waals surface area (Å²) in [5.41, 5.74) is 6.30. The Morgan fingerprint density at radius 2 is 1.85 bits per heavy atom. The van der Waals surface area contributed by atoms with Gasteiger partial charge in [0.1, 0.15) is 5.52 Å². The van der Waals surface area contributed by atoms with Crippen LogP contribution in [0.3, 0.4) is 0 Å². The van der Waals surface area contributed by atoms with Crippen LogP contribution in [0.1, 0.15) is 33.5 Å². The highest BCUT2D eigenvalue weighted by Crippen LogP contribution is 2.22. The quantitative estimate of drug-likeness (QED) is 0.502. The van der Waals surface area contributed by atoms with E-state index < -0.39 is 0 Å². The van der Waals surface area contributed by atoms with Crippen molar-refractivity contribution in [2.45, 2.75) is 26.7 Å². The van der Waals surface area contributed by atoms with E-state index in [9.17, 15) is 4.79 Å². The summed E-state index contributed by atoms with van der Waals surface area (Å²) in [6.07, 6.45) is 2.93. The fraction of sp³-hybridized carbons (Fsp3) is 0.182. The van der Waals surface area contributed by atoms with Crippen molar-refractivity contribution in [2.75, 3.05) is 0 Å². The predicted molar refractivity (Wildman–Crippen MR) is 105 cm³/mol. The van der Waals surface area contributed by atoms with E-state index in [0.29, 0.717) is 12.1 Å². The zero-order valence-electron chi connectivity index (χ0n) is 15.4. The van der Waals surface area contributed by atoms with Crippen molar-refractivity contribution in [1.29, 1.82) is 0 Å². The highest BCUT2D eigenvalue weighted by Gasteiger charge is 2.16. The molecule has 0 aliphatic heterocycles. The molecule has 4 rings (SSSR count). The maximum Gasteiger partial charge on any atom is 0.183 e. The Bertz CT molecular complexity index is 1130. The fourth-order valence-electron chi connectivity index (χ4n) is 3.36. The maximum absolute atomic E-state index is 12.9. The second-order valence-corrected chi connectivity index (χ2v) is 6.65. The van der Waals surface area contributed by atoms with Gasteiger partial charge in [0.05, 0.1) is 5.69 Å². The summed E-state index contributed by atoms with van der Waals surface area (Å²) in [4.78, 5) is 17.2. The van der Waals surface area contributed by atoms with Crippen molar-refractivity contribution in [3.63, 3.8) is 0 Å². The number of rotatable bonds is 5. The molecule has 0 spiro atoms. The van der Waals surface area contributed by atoms with Gasteiger partial charge in [0.2, 0.25) is 0 Å². The number of carbonyl (C=O) groups is 1. The first-order chi connectivity index (χ1) is 13.1. The van der Waals surface area contributed by atoms with Gasteiger partial charge in [0, 0.05) is 18.2 Å². The number of pyridine rings is 1. The second kappa shape index (κ2) is 7.11. The van der Waals surface area contributed by atoms with Crippen LogP contribution in [-0.4, -0.2) is 25.8 Å². The second-order valence-electron chi connectivity index (χ2n) is 6.65. The number of ketones is 1. The van der Waals surface area contributed by atoms with Crippen molar-refractivity contribution >= 4 is 16.9 Å². The zero-order chi connectivity index (χ0) is 18.8. The third-order valence-corrected chi connectivity index (χ3v) is 4.93. The maximum atomic E-state index is 12.9. The normalized spacial score (nSPS) is 11.0. The number of benzene rings is 2. The van der Waals surface area contributed by atoms with Crippen molar-refractivity contribution in [2.24, 2.45) is 0 Å².